The minimum atomic E-state index is 0.0747. The third-order valence-corrected chi connectivity index (χ3v) is 6.64. The Morgan fingerprint density at radius 3 is 2.60 bits per heavy atom. The summed E-state index contributed by atoms with van der Waals surface area (Å²) in [6, 6.07) is 12.6. The fourth-order valence-corrected chi connectivity index (χ4v) is 4.91. The van der Waals surface area contributed by atoms with Crippen LogP contribution in [0.15, 0.2) is 48.8 Å². The van der Waals surface area contributed by atoms with E-state index in [1.807, 2.05) is 15.5 Å². The van der Waals surface area contributed by atoms with Crippen molar-refractivity contribution >= 4 is 27.8 Å². The van der Waals surface area contributed by atoms with Crippen LogP contribution >= 0.6 is 0 Å². The van der Waals surface area contributed by atoms with Crippen molar-refractivity contribution in [3.63, 3.8) is 0 Å². The molecule has 0 bridgehead atoms. The Morgan fingerprint density at radius 1 is 1.07 bits per heavy atom. The van der Waals surface area contributed by atoms with Crippen LogP contribution in [-0.4, -0.2) is 42.5 Å². The van der Waals surface area contributed by atoms with Crippen LogP contribution in [-0.2, 0) is 6.54 Å². The molecule has 6 heteroatoms. The summed E-state index contributed by atoms with van der Waals surface area (Å²) in [4.78, 5) is 24.7. The molecule has 4 aromatic rings. The molecule has 1 aromatic carbocycles. The first-order chi connectivity index (χ1) is 14.7. The maximum absolute atomic E-state index is 13.6. The Balaban J connectivity index is 1.64. The highest BCUT2D eigenvalue weighted by Gasteiger charge is 2.32. The quantitative estimate of drug-likeness (QED) is 0.511. The van der Waals surface area contributed by atoms with Gasteiger partial charge in [0.1, 0.15) is 5.69 Å². The molecular weight excluding hydrogens is 374 g/mol. The Labute approximate surface area is 175 Å². The van der Waals surface area contributed by atoms with Gasteiger partial charge in [-0.25, -0.2) is 9.97 Å². The lowest BCUT2D eigenvalue weighted by Crippen LogP contribution is -2.34. The van der Waals surface area contributed by atoms with E-state index in [4.69, 9.17) is 0 Å². The van der Waals surface area contributed by atoms with Gasteiger partial charge in [0.05, 0.1) is 16.6 Å². The zero-order chi connectivity index (χ0) is 20.2. The van der Waals surface area contributed by atoms with Crippen LogP contribution in [0.4, 0.5) is 0 Å². The predicted octanol–water partition coefficient (Wildman–Crippen LogP) is 4.41. The highest BCUT2D eigenvalue weighted by Crippen LogP contribution is 2.38. The van der Waals surface area contributed by atoms with Crippen molar-refractivity contribution in [1.29, 1.82) is 0 Å². The molecule has 2 aliphatic rings. The van der Waals surface area contributed by atoms with Crippen LogP contribution in [0.3, 0.4) is 0 Å². The summed E-state index contributed by atoms with van der Waals surface area (Å²) in [5.41, 5.74) is 4.02. The van der Waals surface area contributed by atoms with Crippen LogP contribution < -0.4 is 0 Å². The number of nitrogens with zero attached hydrogens (tertiary/aromatic N) is 5. The van der Waals surface area contributed by atoms with Crippen LogP contribution in [0.5, 0.6) is 0 Å². The number of carbonyl (C=O) groups excluding carboxylic acids is 1. The van der Waals surface area contributed by atoms with E-state index in [-0.39, 0.29) is 11.9 Å². The molecule has 0 N–H and O–H groups in total. The number of carbonyl (C=O) groups is 1. The largest absolute Gasteiger partial charge is 0.339 e. The van der Waals surface area contributed by atoms with Gasteiger partial charge in [0.2, 0.25) is 5.95 Å². The van der Waals surface area contributed by atoms with Gasteiger partial charge < -0.3 is 9.47 Å². The van der Waals surface area contributed by atoms with E-state index in [2.05, 4.69) is 51.8 Å². The zero-order valence-corrected chi connectivity index (χ0v) is 17.2. The van der Waals surface area contributed by atoms with E-state index in [0.717, 1.165) is 48.3 Å². The van der Waals surface area contributed by atoms with E-state index in [1.54, 1.807) is 12.4 Å². The Hall–Kier alpha value is -3.15. The molecule has 6 nitrogen and oxygen atoms in total. The summed E-state index contributed by atoms with van der Waals surface area (Å²) in [5, 5.41) is 1.15. The lowest BCUT2D eigenvalue weighted by atomic mass is 10.2. The summed E-state index contributed by atoms with van der Waals surface area (Å²) in [7, 11) is 0. The molecule has 152 valence electrons. The number of aromatic nitrogens is 4. The number of amides is 1. The van der Waals surface area contributed by atoms with Crippen LogP contribution in [0.25, 0.3) is 27.9 Å². The maximum Gasteiger partial charge on any atom is 0.271 e. The van der Waals surface area contributed by atoms with Crippen LogP contribution in [0, 0.1) is 5.92 Å². The zero-order valence-electron chi connectivity index (χ0n) is 17.2. The average Bonchev–Trinajstić information content (AvgIpc) is 3.24. The number of fused-ring (bicyclic) bond motifs is 3. The van der Waals surface area contributed by atoms with Crippen molar-refractivity contribution in [3.8, 4) is 5.95 Å². The van der Waals surface area contributed by atoms with E-state index in [1.165, 1.54) is 18.4 Å². The maximum atomic E-state index is 13.6. The second kappa shape index (κ2) is 6.69. The van der Waals surface area contributed by atoms with E-state index in [0.29, 0.717) is 11.6 Å². The molecule has 1 aliphatic heterocycles. The van der Waals surface area contributed by atoms with Crippen molar-refractivity contribution in [2.75, 3.05) is 6.54 Å². The number of hydrogen-bond acceptors (Lipinski definition) is 3. The molecule has 1 amide bonds. The molecule has 3 aromatic heterocycles. The molecule has 4 heterocycles. The lowest BCUT2D eigenvalue weighted by Gasteiger charge is -2.22. The summed E-state index contributed by atoms with van der Waals surface area (Å²) in [5.74, 6) is 1.36. The number of rotatable bonds is 4. The summed E-state index contributed by atoms with van der Waals surface area (Å²) in [6.07, 6.45) is 8.17. The molecule has 6 rings (SSSR count). The van der Waals surface area contributed by atoms with E-state index < -0.39 is 0 Å². The van der Waals surface area contributed by atoms with Crippen molar-refractivity contribution in [1.82, 2.24) is 24.0 Å². The average molecular weight is 399 g/mol. The number of likely N-dealkylation sites (tertiary alicyclic amines) is 1. The molecule has 0 unspecified atom stereocenters. The van der Waals surface area contributed by atoms with Crippen molar-refractivity contribution in [2.45, 2.75) is 45.2 Å². The first-order valence-corrected chi connectivity index (χ1v) is 10.9. The molecule has 2 fully saturated rings. The molecular formula is C24H25N5O. The van der Waals surface area contributed by atoms with Gasteiger partial charge in [-0.2, -0.15) is 0 Å². The summed E-state index contributed by atoms with van der Waals surface area (Å²) >= 11 is 0. The lowest BCUT2D eigenvalue weighted by molar-refractivity contribution is 0.0739. The molecule has 1 aliphatic carbocycles. The SMILES string of the molecule is C[C@@H]1CCCN1C(=O)c1cc2c(c3ccccc3n2CC2CC2)n1-c1ncccn1. The number of para-hydroxylation sites is 1. The number of hydrogen-bond donors (Lipinski definition) is 0. The van der Waals surface area contributed by atoms with E-state index in [9.17, 15) is 4.79 Å². The number of benzene rings is 1. The van der Waals surface area contributed by atoms with Gasteiger partial charge in [0, 0.05) is 36.9 Å². The first-order valence-electron chi connectivity index (χ1n) is 10.9. The molecule has 30 heavy (non-hydrogen) atoms. The second-order valence-corrected chi connectivity index (χ2v) is 8.71. The smallest absolute Gasteiger partial charge is 0.271 e. The molecule has 1 saturated carbocycles. The van der Waals surface area contributed by atoms with Gasteiger partial charge >= 0.3 is 0 Å². The fraction of sp³-hybridized carbons (Fsp3) is 0.375. The van der Waals surface area contributed by atoms with Crippen molar-refractivity contribution < 1.29 is 4.79 Å². The van der Waals surface area contributed by atoms with Gasteiger partial charge in [-0.05, 0) is 56.7 Å². The fourth-order valence-electron chi connectivity index (χ4n) is 4.91. The Bertz CT molecular complexity index is 1250. The highest BCUT2D eigenvalue weighted by atomic mass is 16.2. The first kappa shape index (κ1) is 17.7. The summed E-state index contributed by atoms with van der Waals surface area (Å²) < 4.78 is 4.38. The van der Waals surface area contributed by atoms with E-state index >= 15 is 0 Å². The second-order valence-electron chi connectivity index (χ2n) is 8.71. The van der Waals surface area contributed by atoms with Crippen molar-refractivity contribution in [2.24, 2.45) is 5.92 Å². The van der Waals surface area contributed by atoms with Crippen molar-refractivity contribution in [3.05, 3.63) is 54.5 Å². The molecule has 1 saturated heterocycles. The van der Waals surface area contributed by atoms with Gasteiger partial charge in [-0.1, -0.05) is 18.2 Å². The standard InChI is InChI=1S/C24H25N5O/c1-16-6-4-13-27(16)23(30)21-14-20-22(29(21)24-25-11-5-12-26-24)18-7-2-3-8-19(18)28(20)15-17-9-10-17/h2-3,5,7-8,11-12,14,16-17H,4,6,9-10,13,15H2,1H3/t16-/m1/s1. The Morgan fingerprint density at radius 2 is 1.87 bits per heavy atom. The third-order valence-electron chi connectivity index (χ3n) is 6.64. The molecule has 0 radical (unpaired) electrons. The van der Waals surface area contributed by atoms with Gasteiger partial charge in [0.25, 0.3) is 5.91 Å². The third kappa shape index (κ3) is 2.66. The van der Waals surface area contributed by atoms with Crippen LogP contribution in [0.1, 0.15) is 43.1 Å². The predicted molar refractivity (Wildman–Crippen MR) is 117 cm³/mol. The van der Waals surface area contributed by atoms with Gasteiger partial charge in [0.15, 0.2) is 0 Å². The molecule has 1 atom stereocenters. The van der Waals surface area contributed by atoms with Crippen LogP contribution in [0.2, 0.25) is 0 Å². The topological polar surface area (TPSA) is 56.0 Å². The normalized spacial score (nSPS) is 19.2. The van der Waals surface area contributed by atoms with Gasteiger partial charge in [-0.15, -0.1) is 0 Å². The summed E-state index contributed by atoms with van der Waals surface area (Å²) in [6.45, 7) is 3.95. The minimum absolute atomic E-state index is 0.0747. The monoisotopic (exact) mass is 399 g/mol. The minimum Gasteiger partial charge on any atom is -0.339 e. The van der Waals surface area contributed by atoms with Gasteiger partial charge in [-0.3, -0.25) is 9.36 Å². The molecule has 0 spiro atoms. The highest BCUT2D eigenvalue weighted by molar-refractivity contribution is 6.11. The Kier molecular flexibility index (Phi) is 3.94.